The standard InChI is InChI=1S/C26H32F2N4O2/c1-31(25(33)19-6-10-21(28)11-7-19)24(26(34)32-15-13-29-14-16-32)3-2-12-30-23-17-22(23)18-4-8-20(27)9-5-18/h4-11,22-24,29-30H,2-3,12-17H2,1H3/t22-,23+,24-/m0/s1. The number of halogens is 2. The predicted octanol–water partition coefficient (Wildman–Crippen LogP) is 2.76. The maximum atomic E-state index is 13.3. The highest BCUT2D eigenvalue weighted by Crippen LogP contribution is 2.40. The molecule has 8 heteroatoms. The molecule has 1 saturated carbocycles. The molecule has 0 spiro atoms. The van der Waals surface area contributed by atoms with Crippen molar-refractivity contribution in [3.8, 4) is 0 Å². The first-order chi connectivity index (χ1) is 16.4. The highest BCUT2D eigenvalue weighted by molar-refractivity contribution is 5.97. The average Bonchev–Trinajstić information content (AvgIpc) is 3.64. The van der Waals surface area contributed by atoms with Crippen LogP contribution in [0.15, 0.2) is 48.5 Å². The summed E-state index contributed by atoms with van der Waals surface area (Å²) in [6.07, 6.45) is 2.28. The topological polar surface area (TPSA) is 64.7 Å². The number of carbonyl (C=O) groups excluding carboxylic acids is 2. The van der Waals surface area contributed by atoms with Crippen molar-refractivity contribution < 1.29 is 18.4 Å². The van der Waals surface area contributed by atoms with Gasteiger partial charge in [-0.1, -0.05) is 12.1 Å². The molecule has 4 rings (SSSR count). The molecule has 2 amide bonds. The van der Waals surface area contributed by atoms with Crippen LogP contribution in [0.2, 0.25) is 0 Å². The molecule has 1 heterocycles. The quantitative estimate of drug-likeness (QED) is 0.554. The molecule has 0 radical (unpaired) electrons. The molecular formula is C26H32F2N4O2. The first kappa shape index (κ1) is 24.3. The minimum atomic E-state index is -0.579. The molecule has 3 atom stereocenters. The second kappa shape index (κ2) is 11.1. The van der Waals surface area contributed by atoms with Gasteiger partial charge < -0.3 is 20.4 Å². The number of rotatable bonds is 9. The minimum Gasteiger partial charge on any atom is -0.338 e. The van der Waals surface area contributed by atoms with Crippen LogP contribution in [0.3, 0.4) is 0 Å². The number of hydrogen-bond acceptors (Lipinski definition) is 4. The summed E-state index contributed by atoms with van der Waals surface area (Å²) in [5.74, 6) is -0.581. The Morgan fingerprint density at radius 3 is 2.32 bits per heavy atom. The summed E-state index contributed by atoms with van der Waals surface area (Å²) in [5.41, 5.74) is 1.50. The van der Waals surface area contributed by atoms with E-state index in [4.69, 9.17) is 0 Å². The lowest BCUT2D eigenvalue weighted by Crippen LogP contribution is -2.54. The molecule has 2 N–H and O–H groups in total. The molecule has 0 bridgehead atoms. The van der Waals surface area contributed by atoms with E-state index in [1.165, 1.54) is 41.3 Å². The maximum Gasteiger partial charge on any atom is 0.254 e. The highest BCUT2D eigenvalue weighted by Gasteiger charge is 2.38. The van der Waals surface area contributed by atoms with Crippen LogP contribution in [-0.2, 0) is 4.79 Å². The van der Waals surface area contributed by atoms with Gasteiger partial charge in [0.15, 0.2) is 0 Å². The number of piperazine rings is 1. The molecule has 2 fully saturated rings. The fourth-order valence-corrected chi connectivity index (χ4v) is 4.60. The Morgan fingerprint density at radius 1 is 1.06 bits per heavy atom. The summed E-state index contributed by atoms with van der Waals surface area (Å²) < 4.78 is 26.4. The first-order valence-corrected chi connectivity index (χ1v) is 11.9. The average molecular weight is 471 g/mol. The van der Waals surface area contributed by atoms with Crippen LogP contribution >= 0.6 is 0 Å². The Bertz CT molecular complexity index is 977. The van der Waals surface area contributed by atoms with Gasteiger partial charge in [-0.25, -0.2) is 8.78 Å². The van der Waals surface area contributed by atoms with E-state index in [0.29, 0.717) is 37.0 Å². The van der Waals surface area contributed by atoms with E-state index in [9.17, 15) is 18.4 Å². The van der Waals surface area contributed by atoms with Crippen LogP contribution in [-0.4, -0.2) is 73.5 Å². The van der Waals surface area contributed by atoms with Crippen LogP contribution in [0, 0.1) is 11.6 Å². The van der Waals surface area contributed by atoms with Crippen LogP contribution in [0.5, 0.6) is 0 Å². The second-order valence-corrected chi connectivity index (χ2v) is 9.11. The van der Waals surface area contributed by atoms with Crippen molar-refractivity contribution in [2.75, 3.05) is 39.8 Å². The number of benzene rings is 2. The molecule has 182 valence electrons. The third-order valence-corrected chi connectivity index (χ3v) is 6.74. The first-order valence-electron chi connectivity index (χ1n) is 11.9. The SMILES string of the molecule is CN(C(=O)c1ccc(F)cc1)[C@@H](CCCN[C@@H]1C[C@H]1c1ccc(F)cc1)C(=O)N1CCNCC1. The highest BCUT2D eigenvalue weighted by atomic mass is 19.1. The third kappa shape index (κ3) is 5.98. The zero-order chi connectivity index (χ0) is 24.1. The lowest BCUT2D eigenvalue weighted by atomic mass is 10.1. The minimum absolute atomic E-state index is 0.0462. The van der Waals surface area contributed by atoms with E-state index in [0.717, 1.165) is 38.0 Å². The number of likely N-dealkylation sites (N-methyl/N-ethyl adjacent to an activating group) is 1. The van der Waals surface area contributed by atoms with E-state index in [-0.39, 0.29) is 17.6 Å². The predicted molar refractivity (Wildman–Crippen MR) is 127 cm³/mol. The molecule has 1 aliphatic heterocycles. The number of nitrogens with one attached hydrogen (secondary N) is 2. The van der Waals surface area contributed by atoms with Crippen LogP contribution < -0.4 is 10.6 Å². The van der Waals surface area contributed by atoms with Gasteiger partial charge in [0.25, 0.3) is 5.91 Å². The van der Waals surface area contributed by atoms with Crippen LogP contribution in [0.25, 0.3) is 0 Å². The Morgan fingerprint density at radius 2 is 1.68 bits per heavy atom. The van der Waals surface area contributed by atoms with Gasteiger partial charge in [-0.15, -0.1) is 0 Å². The van der Waals surface area contributed by atoms with E-state index in [1.54, 1.807) is 7.05 Å². The fourth-order valence-electron chi connectivity index (χ4n) is 4.60. The van der Waals surface area contributed by atoms with Gasteiger partial charge >= 0.3 is 0 Å². The van der Waals surface area contributed by atoms with Gasteiger partial charge in [-0.2, -0.15) is 0 Å². The summed E-state index contributed by atoms with van der Waals surface area (Å²) in [6.45, 7) is 3.44. The zero-order valence-corrected chi connectivity index (χ0v) is 19.5. The Labute approximate surface area is 199 Å². The molecule has 0 aromatic heterocycles. The molecule has 0 unspecified atom stereocenters. The number of nitrogens with zero attached hydrogens (tertiary/aromatic N) is 2. The summed E-state index contributed by atoms with van der Waals surface area (Å²) in [6, 6.07) is 11.8. The summed E-state index contributed by atoms with van der Waals surface area (Å²) >= 11 is 0. The van der Waals surface area contributed by atoms with Crippen molar-refractivity contribution in [1.82, 2.24) is 20.4 Å². The molecule has 1 saturated heterocycles. The van der Waals surface area contributed by atoms with Gasteiger partial charge in [0.2, 0.25) is 5.91 Å². The van der Waals surface area contributed by atoms with Gasteiger partial charge in [0.1, 0.15) is 17.7 Å². The number of amides is 2. The monoisotopic (exact) mass is 470 g/mol. The normalized spacial score (nSPS) is 20.6. The molecule has 6 nitrogen and oxygen atoms in total. The van der Waals surface area contributed by atoms with Crippen LogP contribution in [0.4, 0.5) is 8.78 Å². The smallest absolute Gasteiger partial charge is 0.254 e. The van der Waals surface area contributed by atoms with Crippen molar-refractivity contribution in [3.63, 3.8) is 0 Å². The molecule has 1 aliphatic carbocycles. The van der Waals surface area contributed by atoms with Gasteiger partial charge in [0.05, 0.1) is 0 Å². The summed E-state index contributed by atoms with van der Waals surface area (Å²) in [7, 11) is 1.65. The third-order valence-electron chi connectivity index (χ3n) is 6.74. The Balaban J connectivity index is 1.34. The van der Waals surface area contributed by atoms with Crippen molar-refractivity contribution in [2.45, 2.75) is 37.3 Å². The van der Waals surface area contributed by atoms with E-state index in [2.05, 4.69) is 10.6 Å². The Kier molecular flexibility index (Phi) is 7.90. The number of carbonyl (C=O) groups is 2. The zero-order valence-electron chi connectivity index (χ0n) is 19.5. The van der Waals surface area contributed by atoms with E-state index in [1.807, 2.05) is 17.0 Å². The largest absolute Gasteiger partial charge is 0.338 e. The summed E-state index contributed by atoms with van der Waals surface area (Å²) in [5, 5.41) is 6.77. The van der Waals surface area contributed by atoms with E-state index < -0.39 is 11.9 Å². The lowest BCUT2D eigenvalue weighted by molar-refractivity contribution is -0.136. The maximum absolute atomic E-state index is 13.3. The van der Waals surface area contributed by atoms with Crippen molar-refractivity contribution in [3.05, 3.63) is 71.3 Å². The summed E-state index contributed by atoms with van der Waals surface area (Å²) in [4.78, 5) is 29.7. The van der Waals surface area contributed by atoms with Crippen molar-refractivity contribution >= 4 is 11.8 Å². The molecular weight excluding hydrogens is 438 g/mol. The second-order valence-electron chi connectivity index (χ2n) is 9.11. The molecule has 2 aromatic rings. The number of hydrogen-bond donors (Lipinski definition) is 2. The molecule has 34 heavy (non-hydrogen) atoms. The Hall–Kier alpha value is -2.84. The fraction of sp³-hybridized carbons (Fsp3) is 0.462. The van der Waals surface area contributed by atoms with Gasteiger partial charge in [-0.05, 0) is 67.8 Å². The molecule has 2 aliphatic rings. The van der Waals surface area contributed by atoms with E-state index >= 15 is 0 Å². The van der Waals surface area contributed by atoms with Gasteiger partial charge in [-0.3, -0.25) is 9.59 Å². The van der Waals surface area contributed by atoms with Crippen LogP contribution in [0.1, 0.15) is 41.1 Å². The lowest BCUT2D eigenvalue weighted by Gasteiger charge is -2.35. The van der Waals surface area contributed by atoms with Crippen molar-refractivity contribution in [1.29, 1.82) is 0 Å². The van der Waals surface area contributed by atoms with Crippen molar-refractivity contribution in [2.24, 2.45) is 0 Å². The molecule has 2 aromatic carbocycles. The van der Waals surface area contributed by atoms with Gasteiger partial charge in [0, 0.05) is 50.7 Å².